The Bertz CT molecular complexity index is 266. The fraction of sp³-hybridized carbons (Fsp3) is 0.933. The molecule has 0 rings (SSSR count). The first kappa shape index (κ1) is 18.4. The van der Waals surface area contributed by atoms with Crippen molar-refractivity contribution < 1.29 is 4.79 Å². The van der Waals surface area contributed by atoms with Crippen LogP contribution in [0.15, 0.2) is 0 Å². The van der Waals surface area contributed by atoms with Gasteiger partial charge >= 0.3 is 0 Å². The van der Waals surface area contributed by atoms with Gasteiger partial charge in [-0.1, -0.05) is 20.8 Å². The van der Waals surface area contributed by atoms with E-state index in [-0.39, 0.29) is 5.91 Å². The van der Waals surface area contributed by atoms with Crippen molar-refractivity contribution in [1.29, 1.82) is 0 Å². The third-order valence-corrected chi connectivity index (χ3v) is 4.23. The monoisotopic (exact) mass is 271 g/mol. The highest BCUT2D eigenvalue weighted by atomic mass is 16.1. The largest absolute Gasteiger partial charge is 0.368 e. The van der Waals surface area contributed by atoms with Crippen LogP contribution in [0.1, 0.15) is 60.3 Å². The summed E-state index contributed by atoms with van der Waals surface area (Å²) in [6.07, 6.45) is 4.01. The number of nitrogens with one attached hydrogen (secondary N) is 1. The molecular weight excluding hydrogens is 238 g/mol. The molecule has 0 fully saturated rings. The number of primary amides is 1. The maximum Gasteiger partial charge on any atom is 0.237 e. The maximum atomic E-state index is 11.7. The van der Waals surface area contributed by atoms with Crippen molar-refractivity contribution in [3.63, 3.8) is 0 Å². The summed E-state index contributed by atoms with van der Waals surface area (Å²) in [6.45, 7) is 11.4. The van der Waals surface area contributed by atoms with E-state index in [0.29, 0.717) is 12.1 Å². The van der Waals surface area contributed by atoms with Crippen molar-refractivity contribution in [2.24, 2.45) is 5.73 Å². The van der Waals surface area contributed by atoms with Crippen molar-refractivity contribution in [3.8, 4) is 0 Å². The molecule has 0 bridgehead atoms. The van der Waals surface area contributed by atoms with E-state index in [1.165, 1.54) is 0 Å². The molecule has 19 heavy (non-hydrogen) atoms. The molecule has 2 atom stereocenters. The average Bonchev–Trinajstić information content (AvgIpc) is 2.37. The number of nitrogens with two attached hydrogens (primary N) is 1. The second kappa shape index (κ2) is 8.54. The second-order valence-electron chi connectivity index (χ2n) is 5.81. The van der Waals surface area contributed by atoms with E-state index >= 15 is 0 Å². The standard InChI is InChI=1S/C15H33N3O/c1-7-10-17-15(5,14(16)19)11-12(4)18(6)13(8-2)9-3/h12-13,17H,7-11H2,1-6H3,(H2,16,19). The first-order valence-corrected chi connectivity index (χ1v) is 7.59. The van der Waals surface area contributed by atoms with Gasteiger partial charge in [0.1, 0.15) is 0 Å². The van der Waals surface area contributed by atoms with Crippen LogP contribution in [0.25, 0.3) is 0 Å². The van der Waals surface area contributed by atoms with E-state index in [1.807, 2.05) is 6.92 Å². The molecule has 114 valence electrons. The molecule has 0 radical (unpaired) electrons. The van der Waals surface area contributed by atoms with Gasteiger partial charge in [-0.2, -0.15) is 0 Å². The molecule has 0 aromatic rings. The minimum absolute atomic E-state index is 0.259. The van der Waals surface area contributed by atoms with Gasteiger partial charge in [-0.15, -0.1) is 0 Å². The van der Waals surface area contributed by atoms with Gasteiger partial charge in [0.05, 0.1) is 5.54 Å². The van der Waals surface area contributed by atoms with Crippen LogP contribution in [0.2, 0.25) is 0 Å². The van der Waals surface area contributed by atoms with Crippen molar-refractivity contribution in [2.45, 2.75) is 77.9 Å². The van der Waals surface area contributed by atoms with Crippen molar-refractivity contribution in [3.05, 3.63) is 0 Å². The third-order valence-electron chi connectivity index (χ3n) is 4.23. The molecule has 1 amide bonds. The number of hydrogen-bond donors (Lipinski definition) is 2. The quantitative estimate of drug-likeness (QED) is 0.640. The first-order chi connectivity index (χ1) is 8.82. The molecule has 4 heteroatoms. The van der Waals surface area contributed by atoms with E-state index in [1.54, 1.807) is 0 Å². The predicted octanol–water partition coefficient (Wildman–Crippen LogP) is 2.13. The number of carbonyl (C=O) groups is 1. The molecule has 3 N–H and O–H groups in total. The summed E-state index contributed by atoms with van der Waals surface area (Å²) < 4.78 is 0. The summed E-state index contributed by atoms with van der Waals surface area (Å²) in [5.41, 5.74) is 4.97. The van der Waals surface area contributed by atoms with Crippen molar-refractivity contribution in [1.82, 2.24) is 10.2 Å². The van der Waals surface area contributed by atoms with Crippen LogP contribution in [-0.2, 0) is 4.79 Å². The molecule has 0 aromatic heterocycles. The predicted molar refractivity (Wildman–Crippen MR) is 82.1 cm³/mol. The summed E-state index contributed by atoms with van der Waals surface area (Å²) in [4.78, 5) is 14.1. The number of hydrogen-bond acceptors (Lipinski definition) is 3. The zero-order valence-electron chi connectivity index (χ0n) is 13.6. The minimum atomic E-state index is -0.615. The number of amides is 1. The third kappa shape index (κ3) is 5.49. The summed E-state index contributed by atoms with van der Waals surface area (Å²) in [5, 5.41) is 3.30. The zero-order chi connectivity index (χ0) is 15.1. The lowest BCUT2D eigenvalue weighted by Gasteiger charge is -2.37. The van der Waals surface area contributed by atoms with Crippen LogP contribution in [0.5, 0.6) is 0 Å². The lowest BCUT2D eigenvalue weighted by molar-refractivity contribution is -0.124. The summed E-state index contributed by atoms with van der Waals surface area (Å²) >= 11 is 0. The molecule has 2 unspecified atom stereocenters. The molecule has 0 aromatic carbocycles. The van der Waals surface area contributed by atoms with E-state index in [2.05, 4.69) is 45.0 Å². The van der Waals surface area contributed by atoms with E-state index in [0.717, 1.165) is 32.2 Å². The SMILES string of the molecule is CCCNC(C)(CC(C)N(C)C(CC)CC)C(N)=O. The van der Waals surface area contributed by atoms with Crippen LogP contribution in [-0.4, -0.2) is 42.0 Å². The van der Waals surface area contributed by atoms with Crippen LogP contribution < -0.4 is 11.1 Å². The molecule has 0 aliphatic carbocycles. The highest BCUT2D eigenvalue weighted by molar-refractivity contribution is 5.84. The second-order valence-corrected chi connectivity index (χ2v) is 5.81. The Labute approximate surface area is 119 Å². The van der Waals surface area contributed by atoms with Gasteiger partial charge in [0.25, 0.3) is 0 Å². The Kier molecular flexibility index (Phi) is 8.26. The minimum Gasteiger partial charge on any atom is -0.368 e. The highest BCUT2D eigenvalue weighted by Crippen LogP contribution is 2.19. The van der Waals surface area contributed by atoms with Crippen LogP contribution >= 0.6 is 0 Å². The normalized spacial score (nSPS) is 16.6. The molecular formula is C15H33N3O. The maximum absolute atomic E-state index is 11.7. The lowest BCUT2D eigenvalue weighted by atomic mass is 9.91. The van der Waals surface area contributed by atoms with Gasteiger partial charge in [0.15, 0.2) is 0 Å². The number of carbonyl (C=O) groups excluding carboxylic acids is 1. The van der Waals surface area contributed by atoms with Gasteiger partial charge in [-0.3, -0.25) is 4.79 Å². The van der Waals surface area contributed by atoms with E-state index in [4.69, 9.17) is 5.73 Å². The molecule has 0 heterocycles. The summed E-state index contributed by atoms with van der Waals surface area (Å²) in [6, 6.07) is 0.894. The van der Waals surface area contributed by atoms with Crippen LogP contribution in [0.3, 0.4) is 0 Å². The lowest BCUT2D eigenvalue weighted by Crippen LogP contribution is -2.56. The Balaban J connectivity index is 4.70. The topological polar surface area (TPSA) is 58.4 Å². The molecule has 0 aliphatic rings. The molecule has 4 nitrogen and oxygen atoms in total. The van der Waals surface area contributed by atoms with Gasteiger partial charge in [0.2, 0.25) is 5.91 Å². The van der Waals surface area contributed by atoms with Gasteiger partial charge < -0.3 is 16.0 Å². The van der Waals surface area contributed by atoms with Gasteiger partial charge in [-0.25, -0.2) is 0 Å². The Morgan fingerprint density at radius 1 is 1.32 bits per heavy atom. The Hall–Kier alpha value is -0.610. The first-order valence-electron chi connectivity index (χ1n) is 7.59. The van der Waals surface area contributed by atoms with Crippen LogP contribution in [0, 0.1) is 0 Å². The van der Waals surface area contributed by atoms with E-state index in [9.17, 15) is 4.79 Å². The number of rotatable bonds is 10. The van der Waals surface area contributed by atoms with Crippen molar-refractivity contribution >= 4 is 5.91 Å². The average molecular weight is 271 g/mol. The Morgan fingerprint density at radius 2 is 1.84 bits per heavy atom. The summed E-state index contributed by atoms with van der Waals surface area (Å²) in [7, 11) is 2.14. The Morgan fingerprint density at radius 3 is 2.21 bits per heavy atom. The smallest absolute Gasteiger partial charge is 0.237 e. The van der Waals surface area contributed by atoms with E-state index < -0.39 is 5.54 Å². The molecule has 0 aliphatic heterocycles. The molecule has 0 spiro atoms. The summed E-state index contributed by atoms with van der Waals surface area (Å²) in [5.74, 6) is -0.259. The molecule has 0 saturated heterocycles. The highest BCUT2D eigenvalue weighted by Gasteiger charge is 2.33. The van der Waals surface area contributed by atoms with Gasteiger partial charge in [0, 0.05) is 12.1 Å². The molecule has 0 saturated carbocycles. The number of nitrogens with zero attached hydrogens (tertiary/aromatic N) is 1. The van der Waals surface area contributed by atoms with Crippen molar-refractivity contribution in [2.75, 3.05) is 13.6 Å². The fourth-order valence-electron chi connectivity index (χ4n) is 2.62. The van der Waals surface area contributed by atoms with Crippen LogP contribution in [0.4, 0.5) is 0 Å². The fourth-order valence-corrected chi connectivity index (χ4v) is 2.62. The zero-order valence-corrected chi connectivity index (χ0v) is 13.6. The van der Waals surface area contributed by atoms with Gasteiger partial charge in [-0.05, 0) is 53.1 Å².